The highest BCUT2D eigenvalue weighted by molar-refractivity contribution is 5.27. The molecule has 0 unspecified atom stereocenters. The first-order valence-electron chi connectivity index (χ1n) is 7.37. The molecule has 0 saturated heterocycles. The van der Waals surface area contributed by atoms with Gasteiger partial charge in [0.2, 0.25) is 0 Å². The summed E-state index contributed by atoms with van der Waals surface area (Å²) in [4.78, 5) is 2.41. The average molecular weight is 263 g/mol. The van der Waals surface area contributed by atoms with Gasteiger partial charge in [0.1, 0.15) is 0 Å². The molecule has 0 amide bonds. The molecule has 0 atom stereocenters. The second kappa shape index (κ2) is 10.7. The van der Waals surface area contributed by atoms with Crippen LogP contribution in [-0.2, 0) is 0 Å². The number of rotatable bonds is 0. The molecule has 0 N–H and O–H groups in total. The Balaban J connectivity index is 0. The number of allylic oxidation sites excluding steroid dienone is 3. The summed E-state index contributed by atoms with van der Waals surface area (Å²) in [7, 11) is 2.21. The van der Waals surface area contributed by atoms with E-state index in [-0.39, 0.29) is 0 Å². The van der Waals surface area contributed by atoms with Crippen molar-refractivity contribution in [2.75, 3.05) is 13.6 Å². The van der Waals surface area contributed by atoms with E-state index in [1.807, 2.05) is 39.8 Å². The lowest BCUT2D eigenvalue weighted by molar-refractivity contribution is 0.167. The standard InChI is InChI=1S/C10H17N.C4H8.C2H6.C2H2/c1-8-9(2)11(3)7-10(8)5-4-6-10;1-3-4-2;2*1-2/h4-7H2,1-3H3;3-4H,1-2H3;1-2H3;1-2H/b;4-3-;;. The molecule has 0 aromatic rings. The van der Waals surface area contributed by atoms with E-state index in [2.05, 4.69) is 38.6 Å². The first-order valence-corrected chi connectivity index (χ1v) is 7.37. The Morgan fingerprint density at radius 3 is 1.58 bits per heavy atom. The van der Waals surface area contributed by atoms with Crippen molar-refractivity contribution in [2.45, 2.75) is 60.8 Å². The monoisotopic (exact) mass is 263 g/mol. The molecule has 1 heterocycles. The first kappa shape index (κ1) is 20.2. The van der Waals surface area contributed by atoms with E-state index in [4.69, 9.17) is 0 Å². The van der Waals surface area contributed by atoms with Gasteiger partial charge in [0, 0.05) is 24.7 Å². The van der Waals surface area contributed by atoms with Crippen LogP contribution in [-0.4, -0.2) is 18.5 Å². The molecule has 2 aliphatic rings. The highest BCUT2D eigenvalue weighted by Crippen LogP contribution is 2.52. The lowest BCUT2D eigenvalue weighted by Gasteiger charge is -2.40. The fraction of sp³-hybridized carbons (Fsp3) is 0.667. The van der Waals surface area contributed by atoms with E-state index in [0.29, 0.717) is 5.41 Å². The van der Waals surface area contributed by atoms with Gasteiger partial charge in [-0.25, -0.2) is 0 Å². The molecular weight excluding hydrogens is 230 g/mol. The molecule has 1 spiro atoms. The Bertz CT molecular complexity index is 299. The van der Waals surface area contributed by atoms with Gasteiger partial charge in [-0.15, -0.1) is 12.8 Å². The molecule has 1 aliphatic carbocycles. The molecule has 1 heteroatoms. The van der Waals surface area contributed by atoms with E-state index in [1.165, 1.54) is 31.5 Å². The Labute approximate surface area is 121 Å². The predicted octanol–water partition coefficient (Wildman–Crippen LogP) is 5.25. The van der Waals surface area contributed by atoms with E-state index >= 15 is 0 Å². The van der Waals surface area contributed by atoms with Crippen LogP contribution in [0.1, 0.15) is 60.8 Å². The van der Waals surface area contributed by atoms with Crippen LogP contribution < -0.4 is 0 Å². The molecular formula is C18H33N. The largest absolute Gasteiger partial charge is 0.377 e. The zero-order valence-corrected chi connectivity index (χ0v) is 14.1. The minimum atomic E-state index is 0.624. The molecule has 0 aromatic carbocycles. The third-order valence-corrected chi connectivity index (χ3v) is 4.09. The van der Waals surface area contributed by atoms with E-state index < -0.39 is 0 Å². The molecule has 19 heavy (non-hydrogen) atoms. The van der Waals surface area contributed by atoms with Crippen molar-refractivity contribution in [3.8, 4) is 12.8 Å². The van der Waals surface area contributed by atoms with Crippen molar-refractivity contribution in [1.82, 2.24) is 4.90 Å². The highest BCUT2D eigenvalue weighted by Gasteiger charge is 2.44. The van der Waals surface area contributed by atoms with Crippen molar-refractivity contribution in [3.05, 3.63) is 23.4 Å². The summed E-state index contributed by atoms with van der Waals surface area (Å²) in [6, 6.07) is 0. The summed E-state index contributed by atoms with van der Waals surface area (Å²) in [5, 5.41) is 0. The van der Waals surface area contributed by atoms with Crippen LogP contribution in [0, 0.1) is 18.3 Å². The molecule has 2 rings (SSSR count). The Morgan fingerprint density at radius 2 is 1.47 bits per heavy atom. The SMILES string of the molecule is C#C.C/C=C\C.CC.CC1=C(C)C2(CCC2)CN1C. The maximum absolute atomic E-state index is 4.00. The van der Waals surface area contributed by atoms with E-state index in [0.717, 1.165) is 0 Å². The molecule has 0 aromatic heterocycles. The van der Waals surface area contributed by atoms with Crippen molar-refractivity contribution in [1.29, 1.82) is 0 Å². The summed E-state index contributed by atoms with van der Waals surface area (Å²) in [5.74, 6) is 0. The van der Waals surface area contributed by atoms with Gasteiger partial charge < -0.3 is 4.90 Å². The van der Waals surface area contributed by atoms with Gasteiger partial charge in [0.05, 0.1) is 0 Å². The van der Waals surface area contributed by atoms with Gasteiger partial charge in [-0.3, -0.25) is 0 Å². The maximum atomic E-state index is 4.00. The van der Waals surface area contributed by atoms with Gasteiger partial charge in [-0.1, -0.05) is 32.4 Å². The van der Waals surface area contributed by atoms with Crippen molar-refractivity contribution >= 4 is 0 Å². The van der Waals surface area contributed by atoms with Gasteiger partial charge in [-0.2, -0.15) is 0 Å². The number of hydrogen-bond acceptors (Lipinski definition) is 1. The number of terminal acetylenes is 1. The minimum absolute atomic E-state index is 0.624. The second-order valence-electron chi connectivity index (χ2n) is 4.87. The minimum Gasteiger partial charge on any atom is -0.377 e. The third kappa shape index (κ3) is 5.15. The molecule has 0 radical (unpaired) electrons. The quantitative estimate of drug-likeness (QED) is 0.426. The fourth-order valence-electron chi connectivity index (χ4n) is 2.50. The number of nitrogens with zero attached hydrogens (tertiary/aromatic N) is 1. The molecule has 1 aliphatic heterocycles. The second-order valence-corrected chi connectivity index (χ2v) is 4.87. The highest BCUT2D eigenvalue weighted by atomic mass is 15.1. The zero-order chi connectivity index (χ0) is 15.5. The summed E-state index contributed by atoms with van der Waals surface area (Å²) in [6.45, 7) is 13.9. The first-order chi connectivity index (χ1) is 9.07. The topological polar surface area (TPSA) is 3.24 Å². The van der Waals surface area contributed by atoms with Gasteiger partial charge in [0.15, 0.2) is 0 Å². The van der Waals surface area contributed by atoms with Crippen LogP contribution in [0.5, 0.6) is 0 Å². The van der Waals surface area contributed by atoms with Crippen LogP contribution in [0.2, 0.25) is 0 Å². The summed E-state index contributed by atoms with van der Waals surface area (Å²) in [5.41, 5.74) is 3.80. The van der Waals surface area contributed by atoms with Crippen LogP contribution in [0.3, 0.4) is 0 Å². The molecule has 0 bridgehead atoms. The lowest BCUT2D eigenvalue weighted by Crippen LogP contribution is -2.34. The third-order valence-electron chi connectivity index (χ3n) is 4.09. The Morgan fingerprint density at radius 1 is 1.05 bits per heavy atom. The summed E-state index contributed by atoms with van der Waals surface area (Å²) < 4.78 is 0. The lowest BCUT2D eigenvalue weighted by atomic mass is 9.65. The normalized spacial score (nSPS) is 18.7. The molecule has 1 fully saturated rings. The van der Waals surface area contributed by atoms with Crippen LogP contribution in [0.4, 0.5) is 0 Å². The maximum Gasteiger partial charge on any atom is 0.0266 e. The Kier molecular flexibility index (Phi) is 11.4. The van der Waals surface area contributed by atoms with E-state index in [1.54, 1.807) is 5.57 Å². The van der Waals surface area contributed by atoms with Crippen LogP contribution in [0.25, 0.3) is 0 Å². The van der Waals surface area contributed by atoms with Gasteiger partial charge in [-0.05, 0) is 46.1 Å². The van der Waals surface area contributed by atoms with Crippen molar-refractivity contribution in [3.63, 3.8) is 0 Å². The summed E-state index contributed by atoms with van der Waals surface area (Å²) >= 11 is 0. The molecule has 1 saturated carbocycles. The van der Waals surface area contributed by atoms with Gasteiger partial charge in [0.25, 0.3) is 0 Å². The van der Waals surface area contributed by atoms with Crippen molar-refractivity contribution in [2.24, 2.45) is 5.41 Å². The summed E-state index contributed by atoms with van der Waals surface area (Å²) in [6.07, 6.45) is 16.3. The van der Waals surface area contributed by atoms with Crippen LogP contribution >= 0.6 is 0 Å². The van der Waals surface area contributed by atoms with Crippen LogP contribution in [0.15, 0.2) is 23.4 Å². The smallest absolute Gasteiger partial charge is 0.0266 e. The molecule has 1 nitrogen and oxygen atoms in total. The zero-order valence-electron chi connectivity index (χ0n) is 14.1. The Hall–Kier alpha value is -1.16. The van der Waals surface area contributed by atoms with Crippen molar-refractivity contribution < 1.29 is 0 Å². The number of hydrogen-bond donors (Lipinski definition) is 0. The predicted molar refractivity (Wildman–Crippen MR) is 89.0 cm³/mol. The van der Waals surface area contributed by atoms with E-state index in [9.17, 15) is 0 Å². The average Bonchev–Trinajstić information content (AvgIpc) is 2.68. The fourth-order valence-corrected chi connectivity index (χ4v) is 2.50. The van der Waals surface area contributed by atoms with Gasteiger partial charge >= 0.3 is 0 Å². The molecule has 110 valence electrons.